The van der Waals surface area contributed by atoms with E-state index < -0.39 is 5.82 Å². The number of ketones is 1. The molecule has 2 aromatic carbocycles. The Labute approximate surface area is 123 Å². The molecule has 0 saturated heterocycles. The van der Waals surface area contributed by atoms with E-state index in [1.165, 1.54) is 18.2 Å². The highest BCUT2D eigenvalue weighted by Crippen LogP contribution is 2.19. The molecule has 0 aromatic heterocycles. The quantitative estimate of drug-likeness (QED) is 0.571. The van der Waals surface area contributed by atoms with E-state index in [9.17, 15) is 9.18 Å². The number of hydrogen-bond acceptors (Lipinski definition) is 1. The smallest absolute Gasteiger partial charge is 0.168 e. The molecule has 0 N–H and O–H groups in total. The first-order chi connectivity index (χ1) is 8.58. The predicted octanol–water partition coefficient (Wildman–Crippen LogP) is 4.51. The number of Topliss-reactive ketones (excluding diaryl/α,β-unsaturated/α-hetero) is 1. The van der Waals surface area contributed by atoms with Gasteiger partial charge in [-0.15, -0.1) is 0 Å². The average Bonchev–Trinajstić information content (AvgIpc) is 2.34. The van der Waals surface area contributed by atoms with E-state index in [0.717, 1.165) is 3.57 Å². The molecule has 4 heteroatoms. The summed E-state index contributed by atoms with van der Waals surface area (Å²) in [5.74, 6) is -0.514. The van der Waals surface area contributed by atoms with E-state index in [2.05, 4.69) is 22.6 Å². The fourth-order valence-electron chi connectivity index (χ4n) is 1.63. The van der Waals surface area contributed by atoms with Crippen LogP contribution in [0.3, 0.4) is 0 Å². The van der Waals surface area contributed by atoms with Gasteiger partial charge >= 0.3 is 0 Å². The minimum Gasteiger partial charge on any atom is -0.294 e. The van der Waals surface area contributed by atoms with Crippen LogP contribution in [0.5, 0.6) is 0 Å². The highest BCUT2D eigenvalue weighted by atomic mass is 127. The van der Waals surface area contributed by atoms with E-state index in [4.69, 9.17) is 11.6 Å². The van der Waals surface area contributed by atoms with E-state index in [1.54, 1.807) is 12.1 Å². The van der Waals surface area contributed by atoms with Crippen molar-refractivity contribution in [2.24, 2.45) is 0 Å². The lowest BCUT2D eigenvalue weighted by Crippen LogP contribution is -2.07. The van der Waals surface area contributed by atoms with E-state index in [0.29, 0.717) is 16.1 Å². The molecule has 0 amide bonds. The van der Waals surface area contributed by atoms with Crippen LogP contribution in [0.25, 0.3) is 0 Å². The molecule has 0 heterocycles. The average molecular weight is 375 g/mol. The van der Waals surface area contributed by atoms with Crippen molar-refractivity contribution in [1.29, 1.82) is 0 Å². The first kappa shape index (κ1) is 13.5. The van der Waals surface area contributed by atoms with Gasteiger partial charge in [-0.3, -0.25) is 4.79 Å². The molecule has 0 fully saturated rings. The second kappa shape index (κ2) is 5.80. The molecular weight excluding hydrogens is 366 g/mol. The first-order valence-corrected chi connectivity index (χ1v) is 6.75. The molecule has 0 aliphatic rings. The molecule has 2 aromatic rings. The van der Waals surface area contributed by atoms with Gasteiger partial charge in [-0.05, 0) is 52.4 Å². The lowest BCUT2D eigenvalue weighted by atomic mass is 10.0. The molecule has 0 atom stereocenters. The first-order valence-electron chi connectivity index (χ1n) is 5.29. The number of halogens is 3. The zero-order chi connectivity index (χ0) is 13.1. The number of rotatable bonds is 3. The zero-order valence-corrected chi connectivity index (χ0v) is 12.2. The topological polar surface area (TPSA) is 17.1 Å². The van der Waals surface area contributed by atoms with Crippen LogP contribution >= 0.6 is 34.2 Å². The molecule has 2 rings (SSSR count). The zero-order valence-electron chi connectivity index (χ0n) is 9.29. The Morgan fingerprint density at radius 1 is 1.22 bits per heavy atom. The van der Waals surface area contributed by atoms with E-state index in [1.807, 2.05) is 12.1 Å². The Morgan fingerprint density at radius 2 is 1.94 bits per heavy atom. The summed E-state index contributed by atoms with van der Waals surface area (Å²) in [4.78, 5) is 12.1. The molecule has 1 nitrogen and oxygen atoms in total. The summed E-state index contributed by atoms with van der Waals surface area (Å²) in [5, 5.41) is 0.432. The molecule has 0 unspecified atom stereocenters. The summed E-state index contributed by atoms with van der Waals surface area (Å²) in [6.07, 6.45) is 0.0202. The van der Waals surface area contributed by atoms with Crippen LogP contribution in [0.2, 0.25) is 5.02 Å². The largest absolute Gasteiger partial charge is 0.294 e. The number of carbonyl (C=O) groups is 1. The third kappa shape index (κ3) is 3.09. The standard InChI is InChI=1S/C14H9ClFIO/c15-10-5-6-12(16)9(7-10)8-14(18)11-3-1-2-4-13(11)17/h1-7H,8H2. The normalized spacial score (nSPS) is 10.4. The van der Waals surface area contributed by atoms with Crippen LogP contribution in [0.15, 0.2) is 42.5 Å². The Balaban J connectivity index is 2.27. The van der Waals surface area contributed by atoms with Crippen molar-refractivity contribution in [3.63, 3.8) is 0 Å². The molecule has 0 aliphatic heterocycles. The van der Waals surface area contributed by atoms with Crippen LogP contribution in [0.4, 0.5) is 4.39 Å². The van der Waals surface area contributed by atoms with Crippen molar-refractivity contribution < 1.29 is 9.18 Å². The third-order valence-electron chi connectivity index (χ3n) is 2.53. The van der Waals surface area contributed by atoms with Gasteiger partial charge in [0.2, 0.25) is 0 Å². The number of carbonyl (C=O) groups excluding carboxylic acids is 1. The van der Waals surface area contributed by atoms with Crippen LogP contribution in [-0.2, 0) is 6.42 Å². The second-order valence-electron chi connectivity index (χ2n) is 3.82. The summed E-state index contributed by atoms with van der Waals surface area (Å²) < 4.78 is 14.4. The van der Waals surface area contributed by atoms with Crippen molar-refractivity contribution in [1.82, 2.24) is 0 Å². The maximum Gasteiger partial charge on any atom is 0.168 e. The lowest BCUT2D eigenvalue weighted by Gasteiger charge is -2.05. The van der Waals surface area contributed by atoms with Crippen molar-refractivity contribution in [3.8, 4) is 0 Å². The number of hydrogen-bond donors (Lipinski definition) is 0. The minimum absolute atomic E-state index is 0.0202. The SMILES string of the molecule is O=C(Cc1cc(Cl)ccc1F)c1ccccc1I. The predicted molar refractivity (Wildman–Crippen MR) is 78.6 cm³/mol. The van der Waals surface area contributed by atoms with Gasteiger partial charge in [-0.1, -0.05) is 29.8 Å². The van der Waals surface area contributed by atoms with Gasteiger partial charge in [0.05, 0.1) is 0 Å². The van der Waals surface area contributed by atoms with E-state index >= 15 is 0 Å². The Morgan fingerprint density at radius 3 is 2.67 bits per heavy atom. The maximum absolute atomic E-state index is 13.5. The van der Waals surface area contributed by atoms with Gasteiger partial charge < -0.3 is 0 Å². The monoisotopic (exact) mass is 374 g/mol. The number of benzene rings is 2. The summed E-state index contributed by atoms with van der Waals surface area (Å²) in [6, 6.07) is 11.5. The lowest BCUT2D eigenvalue weighted by molar-refractivity contribution is 0.0991. The fraction of sp³-hybridized carbons (Fsp3) is 0.0714. The van der Waals surface area contributed by atoms with E-state index in [-0.39, 0.29) is 12.2 Å². The summed E-state index contributed by atoms with van der Waals surface area (Å²) in [6.45, 7) is 0. The third-order valence-corrected chi connectivity index (χ3v) is 3.71. The second-order valence-corrected chi connectivity index (χ2v) is 5.41. The minimum atomic E-state index is -0.404. The summed E-state index contributed by atoms with van der Waals surface area (Å²) >= 11 is 7.89. The molecule has 0 radical (unpaired) electrons. The molecule has 0 aliphatic carbocycles. The van der Waals surface area contributed by atoms with Crippen LogP contribution < -0.4 is 0 Å². The van der Waals surface area contributed by atoms with Gasteiger partial charge in [-0.25, -0.2) is 4.39 Å². The van der Waals surface area contributed by atoms with Gasteiger partial charge in [0, 0.05) is 20.6 Å². The molecule has 18 heavy (non-hydrogen) atoms. The van der Waals surface area contributed by atoms with Gasteiger partial charge in [0.25, 0.3) is 0 Å². The van der Waals surface area contributed by atoms with Crippen molar-refractivity contribution in [3.05, 3.63) is 68.0 Å². The Bertz CT molecular complexity index is 598. The van der Waals surface area contributed by atoms with Crippen molar-refractivity contribution in [2.45, 2.75) is 6.42 Å². The Kier molecular flexibility index (Phi) is 4.35. The molecule has 0 spiro atoms. The van der Waals surface area contributed by atoms with Gasteiger partial charge in [0.15, 0.2) is 5.78 Å². The van der Waals surface area contributed by atoms with Gasteiger partial charge in [-0.2, -0.15) is 0 Å². The maximum atomic E-state index is 13.5. The highest BCUT2D eigenvalue weighted by Gasteiger charge is 2.13. The van der Waals surface area contributed by atoms with Gasteiger partial charge in [0.1, 0.15) is 5.82 Å². The molecular formula is C14H9ClFIO. The fourth-order valence-corrected chi connectivity index (χ4v) is 2.52. The van der Waals surface area contributed by atoms with Crippen molar-refractivity contribution in [2.75, 3.05) is 0 Å². The van der Waals surface area contributed by atoms with Crippen molar-refractivity contribution >= 4 is 40.0 Å². The molecule has 92 valence electrons. The molecule has 0 saturated carbocycles. The molecule has 0 bridgehead atoms. The summed E-state index contributed by atoms with van der Waals surface area (Å²) in [7, 11) is 0. The van der Waals surface area contributed by atoms with Crippen LogP contribution in [0.1, 0.15) is 15.9 Å². The highest BCUT2D eigenvalue weighted by molar-refractivity contribution is 14.1. The Hall–Kier alpha value is -0.940. The van der Waals surface area contributed by atoms with Crippen LogP contribution in [0, 0.1) is 9.39 Å². The summed E-state index contributed by atoms with van der Waals surface area (Å²) in [5.41, 5.74) is 0.935. The van der Waals surface area contributed by atoms with Crippen LogP contribution in [-0.4, -0.2) is 5.78 Å².